The van der Waals surface area contributed by atoms with E-state index < -0.39 is 0 Å². The van der Waals surface area contributed by atoms with Crippen molar-refractivity contribution in [3.05, 3.63) is 35.4 Å². The van der Waals surface area contributed by atoms with Gasteiger partial charge in [0, 0.05) is 38.5 Å². The van der Waals surface area contributed by atoms with Crippen molar-refractivity contribution in [2.24, 2.45) is 11.8 Å². The molecule has 5 heteroatoms. The Bertz CT molecular complexity index is 730. The van der Waals surface area contributed by atoms with Gasteiger partial charge in [0.1, 0.15) is 0 Å². The topological polar surface area (TPSA) is 62.6 Å². The van der Waals surface area contributed by atoms with Crippen LogP contribution >= 0.6 is 0 Å². The summed E-state index contributed by atoms with van der Waals surface area (Å²) in [5.41, 5.74) is 1.07. The summed E-state index contributed by atoms with van der Waals surface area (Å²) in [6.45, 7) is 4.09. The summed E-state index contributed by atoms with van der Waals surface area (Å²) in [4.78, 5) is 14.7. The van der Waals surface area contributed by atoms with Gasteiger partial charge in [0.15, 0.2) is 0 Å². The number of ether oxygens (including phenoxy) is 2. The van der Waals surface area contributed by atoms with Gasteiger partial charge in [-0.05, 0) is 75.0 Å². The van der Waals surface area contributed by atoms with Gasteiger partial charge in [-0.1, -0.05) is 6.07 Å². The molecule has 0 aromatic heterocycles. The molecule has 1 atom stereocenters. The number of carbonyl (C=O) groups excluding carboxylic acids is 1. The molecule has 28 heavy (non-hydrogen) atoms. The predicted octanol–water partition coefficient (Wildman–Crippen LogP) is 3.78. The Morgan fingerprint density at radius 1 is 1.25 bits per heavy atom. The highest BCUT2D eigenvalue weighted by Gasteiger charge is 2.41. The van der Waals surface area contributed by atoms with E-state index in [1.807, 2.05) is 4.90 Å². The Hall–Kier alpha value is -1.90. The average Bonchev–Trinajstić information content (AvgIpc) is 3.56. The number of benzene rings is 1. The summed E-state index contributed by atoms with van der Waals surface area (Å²) < 4.78 is 12.1. The lowest BCUT2D eigenvalue weighted by Crippen LogP contribution is -2.50. The maximum Gasteiger partial charge on any atom is 0.253 e. The van der Waals surface area contributed by atoms with Crippen molar-refractivity contribution in [3.8, 4) is 6.07 Å². The molecule has 0 N–H and O–H groups in total. The Labute approximate surface area is 167 Å². The van der Waals surface area contributed by atoms with Crippen molar-refractivity contribution in [2.45, 2.75) is 50.5 Å². The molecule has 2 aliphatic heterocycles. The summed E-state index contributed by atoms with van der Waals surface area (Å²) in [5.74, 6) is 1.52. The van der Waals surface area contributed by atoms with Crippen molar-refractivity contribution in [1.82, 2.24) is 4.90 Å². The van der Waals surface area contributed by atoms with E-state index in [1.54, 1.807) is 24.3 Å². The van der Waals surface area contributed by atoms with E-state index in [-0.39, 0.29) is 11.5 Å². The van der Waals surface area contributed by atoms with Crippen LogP contribution in [0.25, 0.3) is 0 Å². The highest BCUT2D eigenvalue weighted by Crippen LogP contribution is 2.39. The number of likely N-dealkylation sites (tertiary alicyclic amines) is 1. The van der Waals surface area contributed by atoms with Gasteiger partial charge >= 0.3 is 0 Å². The van der Waals surface area contributed by atoms with E-state index >= 15 is 0 Å². The van der Waals surface area contributed by atoms with Gasteiger partial charge in [0.05, 0.1) is 17.2 Å². The van der Waals surface area contributed by atoms with E-state index in [0.29, 0.717) is 17.0 Å². The summed E-state index contributed by atoms with van der Waals surface area (Å²) in [6, 6.07) is 9.09. The van der Waals surface area contributed by atoms with E-state index in [1.165, 1.54) is 12.8 Å². The lowest BCUT2D eigenvalue weighted by Gasteiger charge is -2.46. The van der Waals surface area contributed by atoms with E-state index in [4.69, 9.17) is 14.7 Å². The number of amides is 1. The smallest absolute Gasteiger partial charge is 0.253 e. The molecule has 3 fully saturated rings. The van der Waals surface area contributed by atoms with Crippen LogP contribution in [-0.4, -0.2) is 49.3 Å². The number of hydrogen-bond acceptors (Lipinski definition) is 4. The third kappa shape index (κ3) is 4.74. The number of nitrogens with zero attached hydrogens (tertiary/aromatic N) is 2. The molecular weight excluding hydrogens is 352 g/mol. The Kier molecular flexibility index (Phi) is 5.99. The largest absolute Gasteiger partial charge is 0.381 e. The standard InChI is InChI=1S/C23H30N2O3/c24-16-20-2-1-3-21(14-20)22(26)25-10-8-23(9-11-25)15-18(7-13-28-23)6-12-27-17-19-4-5-19/h1-3,14,18-19H,4-13,15,17H2. The van der Waals surface area contributed by atoms with Gasteiger partial charge in [-0.25, -0.2) is 0 Å². The molecule has 1 unspecified atom stereocenters. The van der Waals surface area contributed by atoms with Gasteiger partial charge in [-0.15, -0.1) is 0 Å². The summed E-state index contributed by atoms with van der Waals surface area (Å²) in [5, 5.41) is 9.05. The van der Waals surface area contributed by atoms with Gasteiger partial charge in [-0.2, -0.15) is 5.26 Å². The minimum atomic E-state index is -0.0648. The fraction of sp³-hybridized carbons (Fsp3) is 0.652. The van der Waals surface area contributed by atoms with Crippen LogP contribution in [0.5, 0.6) is 0 Å². The van der Waals surface area contributed by atoms with Crippen LogP contribution in [0.1, 0.15) is 60.9 Å². The van der Waals surface area contributed by atoms with Gasteiger partial charge < -0.3 is 14.4 Å². The second-order valence-electron chi connectivity index (χ2n) is 8.68. The zero-order valence-electron chi connectivity index (χ0n) is 16.6. The zero-order chi connectivity index (χ0) is 19.4. The number of hydrogen-bond donors (Lipinski definition) is 0. The highest BCUT2D eigenvalue weighted by atomic mass is 16.5. The first-order valence-corrected chi connectivity index (χ1v) is 10.7. The number of rotatable bonds is 6. The molecule has 1 amide bonds. The zero-order valence-corrected chi connectivity index (χ0v) is 16.6. The fourth-order valence-corrected chi connectivity index (χ4v) is 4.53. The maximum absolute atomic E-state index is 12.8. The Balaban J connectivity index is 1.27. The number of carbonyl (C=O) groups is 1. The summed E-state index contributed by atoms with van der Waals surface area (Å²) in [6.07, 6.45) is 7.82. The maximum atomic E-state index is 12.8. The first-order valence-electron chi connectivity index (χ1n) is 10.7. The number of nitriles is 1. The van der Waals surface area contributed by atoms with Crippen molar-refractivity contribution in [2.75, 3.05) is 32.9 Å². The van der Waals surface area contributed by atoms with Crippen LogP contribution in [-0.2, 0) is 9.47 Å². The molecule has 1 spiro atoms. The first kappa shape index (κ1) is 19.4. The van der Waals surface area contributed by atoms with Crippen LogP contribution in [0.2, 0.25) is 0 Å². The molecule has 3 aliphatic rings. The molecule has 1 aromatic carbocycles. The number of piperidine rings is 1. The van der Waals surface area contributed by atoms with Crippen molar-refractivity contribution in [3.63, 3.8) is 0 Å². The molecule has 0 radical (unpaired) electrons. The van der Waals surface area contributed by atoms with Crippen LogP contribution < -0.4 is 0 Å². The normalized spacial score (nSPS) is 24.1. The molecule has 150 valence electrons. The lowest BCUT2D eigenvalue weighted by atomic mass is 9.78. The van der Waals surface area contributed by atoms with E-state index in [2.05, 4.69) is 6.07 Å². The molecule has 1 aromatic rings. The van der Waals surface area contributed by atoms with E-state index in [9.17, 15) is 4.79 Å². The molecular formula is C23H30N2O3. The van der Waals surface area contributed by atoms with Crippen LogP contribution in [0.3, 0.4) is 0 Å². The minimum Gasteiger partial charge on any atom is -0.381 e. The molecule has 2 saturated heterocycles. The van der Waals surface area contributed by atoms with Gasteiger partial charge in [-0.3, -0.25) is 4.79 Å². The monoisotopic (exact) mass is 382 g/mol. The molecule has 2 heterocycles. The SMILES string of the molecule is N#Cc1cccc(C(=O)N2CCC3(CC2)CC(CCOCC2CC2)CCO3)c1. The Morgan fingerprint density at radius 2 is 2.07 bits per heavy atom. The van der Waals surface area contributed by atoms with Crippen molar-refractivity contribution >= 4 is 5.91 Å². The van der Waals surface area contributed by atoms with Gasteiger partial charge in [0.25, 0.3) is 5.91 Å². The summed E-state index contributed by atoms with van der Waals surface area (Å²) in [7, 11) is 0. The van der Waals surface area contributed by atoms with Crippen LogP contribution in [0.4, 0.5) is 0 Å². The third-order valence-electron chi connectivity index (χ3n) is 6.52. The van der Waals surface area contributed by atoms with E-state index in [0.717, 1.165) is 70.9 Å². The lowest BCUT2D eigenvalue weighted by molar-refractivity contribution is -0.126. The quantitative estimate of drug-likeness (QED) is 0.703. The Morgan fingerprint density at radius 3 is 2.82 bits per heavy atom. The second kappa shape index (κ2) is 8.63. The van der Waals surface area contributed by atoms with Gasteiger partial charge in [0.2, 0.25) is 0 Å². The molecule has 4 rings (SSSR count). The minimum absolute atomic E-state index is 0.0211. The third-order valence-corrected chi connectivity index (χ3v) is 6.52. The molecule has 1 saturated carbocycles. The van der Waals surface area contributed by atoms with Crippen LogP contribution in [0, 0.1) is 23.2 Å². The highest BCUT2D eigenvalue weighted by molar-refractivity contribution is 5.94. The molecule has 5 nitrogen and oxygen atoms in total. The molecule has 1 aliphatic carbocycles. The van der Waals surface area contributed by atoms with Crippen molar-refractivity contribution < 1.29 is 14.3 Å². The first-order chi connectivity index (χ1) is 13.7. The van der Waals surface area contributed by atoms with Crippen molar-refractivity contribution in [1.29, 1.82) is 5.26 Å². The summed E-state index contributed by atoms with van der Waals surface area (Å²) >= 11 is 0. The second-order valence-corrected chi connectivity index (χ2v) is 8.68. The molecule has 0 bridgehead atoms. The van der Waals surface area contributed by atoms with Crippen LogP contribution in [0.15, 0.2) is 24.3 Å². The predicted molar refractivity (Wildman–Crippen MR) is 106 cm³/mol. The fourth-order valence-electron chi connectivity index (χ4n) is 4.53. The average molecular weight is 383 g/mol.